The summed E-state index contributed by atoms with van der Waals surface area (Å²) in [5.41, 5.74) is 3.70. The van der Waals surface area contributed by atoms with E-state index in [0.717, 1.165) is 48.8 Å². The molecule has 9 aromatic rings. The number of unbranched alkanes of at least 4 members (excludes halogenated alkanes) is 5. The molecule has 0 saturated carbocycles. The summed E-state index contributed by atoms with van der Waals surface area (Å²) in [5, 5.41) is 5.30. The van der Waals surface area contributed by atoms with E-state index in [1.807, 2.05) is 32.9 Å². The van der Waals surface area contributed by atoms with Gasteiger partial charge in [0.05, 0.1) is 16.5 Å². The van der Waals surface area contributed by atoms with Crippen LogP contribution in [0, 0.1) is 20.8 Å². The van der Waals surface area contributed by atoms with E-state index in [-0.39, 0.29) is 11.1 Å². The molecule has 0 aliphatic rings. The van der Waals surface area contributed by atoms with E-state index >= 15 is 0 Å². The van der Waals surface area contributed by atoms with Crippen molar-refractivity contribution in [3.05, 3.63) is 107 Å². The summed E-state index contributed by atoms with van der Waals surface area (Å²) in [6, 6.07) is 14.4. The summed E-state index contributed by atoms with van der Waals surface area (Å²) in [7, 11) is 0. The highest BCUT2D eigenvalue weighted by atomic mass is 16.3. The molecule has 244 valence electrons. The summed E-state index contributed by atoms with van der Waals surface area (Å²) in [6.07, 6.45) is 6.29. The van der Waals surface area contributed by atoms with Gasteiger partial charge in [-0.2, -0.15) is 0 Å². The summed E-state index contributed by atoms with van der Waals surface area (Å²) in [4.78, 5) is 56.4. The quantitative estimate of drug-likeness (QED) is 0.0927. The molecular weight excluding hydrogens is 616 g/mol. The van der Waals surface area contributed by atoms with E-state index in [9.17, 15) is 19.2 Å². The van der Waals surface area contributed by atoms with Gasteiger partial charge in [0.25, 0.3) is 22.2 Å². The van der Waals surface area contributed by atoms with Crippen molar-refractivity contribution < 1.29 is 8.83 Å². The number of rotatable bonds is 8. The zero-order chi connectivity index (χ0) is 33.9. The maximum atomic E-state index is 14.4. The van der Waals surface area contributed by atoms with E-state index < -0.39 is 11.1 Å². The Morgan fingerprint density at radius 1 is 0.510 bits per heavy atom. The van der Waals surface area contributed by atoms with Gasteiger partial charge in [-0.1, -0.05) is 56.7 Å². The Balaban J connectivity index is 1.36. The molecule has 0 spiro atoms. The van der Waals surface area contributed by atoms with Crippen molar-refractivity contribution in [2.45, 2.75) is 72.8 Å². The SMILES string of the molecule is CCCCCCCCn1c(=O)c2ccc3oc4cc5c(=O)n(-c6c(C)cc(C)cc6C)c(=O)c6ccc7oc8cc(c1=O)c2c3c8c4c7c65. The molecule has 4 aromatic heterocycles. The number of pyridine rings is 2. The first-order valence-corrected chi connectivity index (χ1v) is 17.2. The molecule has 0 N–H and O–H groups in total. The zero-order valence-corrected chi connectivity index (χ0v) is 27.9. The average molecular weight is 651 g/mol. The van der Waals surface area contributed by atoms with Crippen LogP contribution >= 0.6 is 0 Å². The van der Waals surface area contributed by atoms with Crippen LogP contribution in [-0.4, -0.2) is 9.13 Å². The third-order valence-electron chi connectivity index (χ3n) is 10.5. The van der Waals surface area contributed by atoms with Gasteiger partial charge in [0.2, 0.25) is 0 Å². The fourth-order valence-corrected chi connectivity index (χ4v) is 8.48. The largest absolute Gasteiger partial charge is 0.456 e. The molecule has 8 nitrogen and oxygen atoms in total. The Labute approximate surface area is 278 Å². The lowest BCUT2D eigenvalue weighted by Gasteiger charge is -2.19. The summed E-state index contributed by atoms with van der Waals surface area (Å²) in [6.45, 7) is 8.34. The third kappa shape index (κ3) is 3.97. The van der Waals surface area contributed by atoms with Gasteiger partial charge in [-0.05, 0) is 74.7 Å². The lowest BCUT2D eigenvalue weighted by Crippen LogP contribution is -2.33. The van der Waals surface area contributed by atoms with Crippen molar-refractivity contribution in [3.8, 4) is 5.69 Å². The van der Waals surface area contributed by atoms with Crippen molar-refractivity contribution in [2.24, 2.45) is 0 Å². The van der Waals surface area contributed by atoms with Gasteiger partial charge in [0.1, 0.15) is 22.3 Å². The van der Waals surface area contributed by atoms with Crippen LogP contribution < -0.4 is 22.2 Å². The topological polar surface area (TPSA) is 104 Å². The lowest BCUT2D eigenvalue weighted by atomic mass is 9.91. The fraction of sp³-hybridized carbons (Fsp3) is 0.268. The zero-order valence-electron chi connectivity index (χ0n) is 27.9. The van der Waals surface area contributed by atoms with Gasteiger partial charge in [-0.25, -0.2) is 4.57 Å². The minimum Gasteiger partial charge on any atom is -0.456 e. The minimum absolute atomic E-state index is 0.310. The first kappa shape index (κ1) is 29.6. The van der Waals surface area contributed by atoms with Gasteiger partial charge >= 0.3 is 0 Å². The summed E-state index contributed by atoms with van der Waals surface area (Å²) < 4.78 is 15.8. The maximum Gasteiger partial charge on any atom is 0.266 e. The molecule has 9 rings (SSSR count). The molecule has 0 atom stereocenters. The normalized spacial score (nSPS) is 12.6. The highest BCUT2D eigenvalue weighted by Crippen LogP contribution is 2.46. The third-order valence-corrected chi connectivity index (χ3v) is 10.5. The smallest absolute Gasteiger partial charge is 0.266 e. The van der Waals surface area contributed by atoms with Gasteiger partial charge in [-0.3, -0.25) is 23.7 Å². The highest BCUT2D eigenvalue weighted by Gasteiger charge is 2.27. The van der Waals surface area contributed by atoms with Gasteiger partial charge in [0.15, 0.2) is 0 Å². The van der Waals surface area contributed by atoms with E-state index in [1.165, 1.54) is 15.6 Å². The number of nitrogens with zero attached hydrogens (tertiary/aromatic N) is 2. The summed E-state index contributed by atoms with van der Waals surface area (Å²) >= 11 is 0. The van der Waals surface area contributed by atoms with Gasteiger partial charge < -0.3 is 8.83 Å². The van der Waals surface area contributed by atoms with Crippen molar-refractivity contribution >= 4 is 76.2 Å². The Bertz CT molecular complexity index is 3030. The fourth-order valence-electron chi connectivity index (χ4n) is 8.48. The van der Waals surface area contributed by atoms with Gasteiger partial charge in [-0.15, -0.1) is 0 Å². The maximum absolute atomic E-state index is 14.4. The molecule has 0 radical (unpaired) electrons. The monoisotopic (exact) mass is 650 g/mol. The first-order chi connectivity index (χ1) is 23.7. The number of aryl methyl sites for hydroxylation is 3. The van der Waals surface area contributed by atoms with Gasteiger partial charge in [0, 0.05) is 49.6 Å². The van der Waals surface area contributed by atoms with Crippen LogP contribution in [0.3, 0.4) is 0 Å². The Kier molecular flexibility index (Phi) is 6.35. The predicted octanol–water partition coefficient (Wildman–Crippen LogP) is 8.58. The second-order valence-electron chi connectivity index (χ2n) is 13.7. The molecule has 49 heavy (non-hydrogen) atoms. The van der Waals surface area contributed by atoms with Crippen molar-refractivity contribution in [3.63, 3.8) is 0 Å². The molecule has 8 heteroatoms. The van der Waals surface area contributed by atoms with Crippen LogP contribution in [0.1, 0.15) is 62.1 Å². The molecule has 4 heterocycles. The lowest BCUT2D eigenvalue weighted by molar-refractivity contribution is 0.545. The van der Waals surface area contributed by atoms with Crippen LogP contribution in [0.15, 0.2) is 76.5 Å². The molecule has 0 unspecified atom stereocenters. The van der Waals surface area contributed by atoms with Crippen LogP contribution in [0.5, 0.6) is 0 Å². The molecule has 0 bridgehead atoms. The Morgan fingerprint density at radius 3 is 1.57 bits per heavy atom. The second-order valence-corrected chi connectivity index (χ2v) is 13.7. The average Bonchev–Trinajstić information content (AvgIpc) is 3.08. The molecule has 0 amide bonds. The van der Waals surface area contributed by atoms with Crippen LogP contribution in [-0.2, 0) is 6.54 Å². The molecule has 0 aliphatic heterocycles. The summed E-state index contributed by atoms with van der Waals surface area (Å²) in [5.74, 6) is 0. The van der Waals surface area contributed by atoms with Crippen LogP contribution in [0.2, 0.25) is 0 Å². The molecule has 0 saturated heterocycles. The Morgan fingerprint density at radius 2 is 0.980 bits per heavy atom. The van der Waals surface area contributed by atoms with E-state index in [2.05, 4.69) is 6.92 Å². The number of hydrogen-bond donors (Lipinski definition) is 0. The van der Waals surface area contributed by atoms with Crippen molar-refractivity contribution in [2.75, 3.05) is 0 Å². The Hall–Kier alpha value is -5.50. The first-order valence-electron chi connectivity index (χ1n) is 17.2. The minimum atomic E-state index is -0.431. The molecular formula is C41H34N2O6. The molecule has 5 aromatic carbocycles. The van der Waals surface area contributed by atoms with Crippen molar-refractivity contribution in [1.29, 1.82) is 0 Å². The highest BCUT2D eigenvalue weighted by molar-refractivity contribution is 6.38. The van der Waals surface area contributed by atoms with E-state index in [4.69, 9.17) is 8.83 Å². The van der Waals surface area contributed by atoms with Crippen LogP contribution in [0.25, 0.3) is 81.9 Å². The predicted molar refractivity (Wildman–Crippen MR) is 197 cm³/mol. The van der Waals surface area contributed by atoms with Crippen molar-refractivity contribution in [1.82, 2.24) is 9.13 Å². The van der Waals surface area contributed by atoms with E-state index in [1.54, 1.807) is 36.4 Å². The number of aromatic nitrogens is 2. The molecule has 0 aliphatic carbocycles. The molecule has 0 fully saturated rings. The standard InChI is InChI=1S/C41H34N2O6/c1-5-6-7-8-9-10-15-42-38(44)23-11-13-27-33-31(23)25(39(42)45)18-29-35(33)36-30(49-27)19-26-32-24(12-14-28(48-29)34(32)36)40(46)43(41(26)47)37-21(3)16-20(2)17-22(37)4/h11-14,16-19H,5-10,15H2,1-4H3. The van der Waals surface area contributed by atoms with E-state index in [0.29, 0.717) is 88.4 Å². The number of benzene rings is 5. The number of hydrogen-bond acceptors (Lipinski definition) is 6. The second kappa shape index (κ2) is 10.5. The van der Waals surface area contributed by atoms with Crippen LogP contribution in [0.4, 0.5) is 0 Å².